The molecule has 0 bridgehead atoms. The number of rotatable bonds is 8. The number of carbonyl (C=O) groups is 2. The fraction of sp³-hybridized carbons (Fsp3) is 0.562. The van der Waals surface area contributed by atoms with Crippen molar-refractivity contribution >= 4 is 23.6 Å². The summed E-state index contributed by atoms with van der Waals surface area (Å²) in [5.41, 5.74) is 6.42. The third-order valence-electron chi connectivity index (χ3n) is 4.11. The Balaban J connectivity index is 1.96. The van der Waals surface area contributed by atoms with Gasteiger partial charge in [-0.25, -0.2) is 4.98 Å². The Hall–Kier alpha value is -1.56. The minimum atomic E-state index is -0.811. The van der Waals surface area contributed by atoms with Crippen LogP contribution in [0.2, 0.25) is 0 Å². The Morgan fingerprint density at radius 1 is 1.36 bits per heavy atom. The van der Waals surface area contributed by atoms with Gasteiger partial charge in [0.1, 0.15) is 0 Å². The van der Waals surface area contributed by atoms with Gasteiger partial charge in [0.15, 0.2) is 0 Å². The summed E-state index contributed by atoms with van der Waals surface area (Å²) < 4.78 is 0. The van der Waals surface area contributed by atoms with E-state index in [2.05, 4.69) is 4.98 Å². The van der Waals surface area contributed by atoms with Gasteiger partial charge in [-0.3, -0.25) is 9.59 Å². The van der Waals surface area contributed by atoms with Crippen molar-refractivity contribution in [2.75, 3.05) is 5.75 Å². The van der Waals surface area contributed by atoms with Gasteiger partial charge in [0.05, 0.1) is 17.4 Å². The number of hydrogen-bond donors (Lipinski definition) is 2. The van der Waals surface area contributed by atoms with E-state index in [1.54, 1.807) is 6.20 Å². The van der Waals surface area contributed by atoms with E-state index in [4.69, 9.17) is 10.8 Å². The summed E-state index contributed by atoms with van der Waals surface area (Å²) >= 11 is 1.40. The molecule has 1 amide bonds. The lowest BCUT2D eigenvalue weighted by Gasteiger charge is -2.17. The Morgan fingerprint density at radius 3 is 2.64 bits per heavy atom. The molecule has 6 heteroatoms. The van der Waals surface area contributed by atoms with Crippen LogP contribution in [-0.4, -0.2) is 27.7 Å². The molecule has 120 valence electrons. The molecule has 1 aliphatic carbocycles. The maximum atomic E-state index is 11.7. The van der Waals surface area contributed by atoms with Crippen LogP contribution in [0.4, 0.5) is 0 Å². The van der Waals surface area contributed by atoms with E-state index in [-0.39, 0.29) is 18.2 Å². The topological polar surface area (TPSA) is 93.3 Å². The van der Waals surface area contributed by atoms with Gasteiger partial charge in [0.25, 0.3) is 0 Å². The maximum absolute atomic E-state index is 11.7. The van der Waals surface area contributed by atoms with Crippen LogP contribution in [0.1, 0.15) is 50.0 Å². The van der Waals surface area contributed by atoms with Gasteiger partial charge in [-0.05, 0) is 24.0 Å². The number of primary amides is 1. The number of thioether (sulfide) groups is 1. The second kappa shape index (κ2) is 8.17. The minimum Gasteiger partial charge on any atom is -0.481 e. The maximum Gasteiger partial charge on any atom is 0.304 e. The van der Waals surface area contributed by atoms with Crippen LogP contribution in [0.5, 0.6) is 0 Å². The summed E-state index contributed by atoms with van der Waals surface area (Å²) in [5.74, 6) is -0.298. The van der Waals surface area contributed by atoms with E-state index in [0.29, 0.717) is 11.7 Å². The highest BCUT2D eigenvalue weighted by atomic mass is 32.2. The first-order chi connectivity index (χ1) is 10.6. The molecule has 1 saturated carbocycles. The van der Waals surface area contributed by atoms with Crippen molar-refractivity contribution in [2.45, 2.75) is 49.5 Å². The molecule has 1 aromatic heterocycles. The van der Waals surface area contributed by atoms with E-state index < -0.39 is 5.97 Å². The SMILES string of the molecule is NC(=O)C(CC1CCCC1)c1ccc(SCCC(=O)O)nc1. The smallest absolute Gasteiger partial charge is 0.304 e. The minimum absolute atomic E-state index is 0.111. The lowest BCUT2D eigenvalue weighted by Crippen LogP contribution is -2.23. The Bertz CT molecular complexity index is 513. The fourth-order valence-corrected chi connectivity index (χ4v) is 3.70. The molecular formula is C16H22N2O3S. The van der Waals surface area contributed by atoms with E-state index in [0.717, 1.165) is 17.0 Å². The van der Waals surface area contributed by atoms with Crippen molar-refractivity contribution in [2.24, 2.45) is 11.7 Å². The number of nitrogens with two attached hydrogens (primary N) is 1. The predicted molar refractivity (Wildman–Crippen MR) is 85.7 cm³/mol. The molecule has 1 atom stereocenters. The number of carbonyl (C=O) groups excluding carboxylic acids is 1. The van der Waals surface area contributed by atoms with Crippen LogP contribution in [-0.2, 0) is 9.59 Å². The van der Waals surface area contributed by atoms with Gasteiger partial charge in [-0.1, -0.05) is 31.7 Å². The number of nitrogens with zero attached hydrogens (tertiary/aromatic N) is 1. The number of carboxylic acids is 1. The number of amides is 1. The van der Waals surface area contributed by atoms with Crippen LogP contribution < -0.4 is 5.73 Å². The van der Waals surface area contributed by atoms with Gasteiger partial charge in [-0.2, -0.15) is 0 Å². The van der Waals surface area contributed by atoms with Crippen molar-refractivity contribution in [1.29, 1.82) is 0 Å². The number of hydrogen-bond acceptors (Lipinski definition) is 4. The molecule has 0 radical (unpaired) electrons. The third-order valence-corrected chi connectivity index (χ3v) is 5.06. The second-order valence-electron chi connectivity index (χ2n) is 5.76. The molecule has 3 N–H and O–H groups in total. The average Bonchev–Trinajstić information content (AvgIpc) is 2.98. The summed E-state index contributed by atoms with van der Waals surface area (Å²) in [4.78, 5) is 26.5. The number of aliphatic carboxylic acids is 1. The van der Waals surface area contributed by atoms with Crippen molar-refractivity contribution in [1.82, 2.24) is 4.98 Å². The Labute approximate surface area is 134 Å². The van der Waals surface area contributed by atoms with Crippen LogP contribution >= 0.6 is 11.8 Å². The monoisotopic (exact) mass is 322 g/mol. The van der Waals surface area contributed by atoms with E-state index in [1.807, 2.05) is 12.1 Å². The Morgan fingerprint density at radius 2 is 2.09 bits per heavy atom. The highest BCUT2D eigenvalue weighted by Gasteiger charge is 2.25. The third kappa shape index (κ3) is 5.02. The molecule has 22 heavy (non-hydrogen) atoms. The molecule has 1 aromatic rings. The van der Waals surface area contributed by atoms with Crippen molar-refractivity contribution in [3.8, 4) is 0 Å². The molecule has 1 unspecified atom stereocenters. The predicted octanol–water partition coefficient (Wildman–Crippen LogP) is 2.80. The van der Waals surface area contributed by atoms with Gasteiger partial charge in [0.2, 0.25) is 5.91 Å². The van der Waals surface area contributed by atoms with Gasteiger partial charge >= 0.3 is 5.97 Å². The van der Waals surface area contributed by atoms with Gasteiger partial charge in [0, 0.05) is 11.9 Å². The summed E-state index contributed by atoms with van der Waals surface area (Å²) in [6.45, 7) is 0. The molecule has 2 rings (SSSR count). The summed E-state index contributed by atoms with van der Waals surface area (Å²) in [5, 5.41) is 9.39. The summed E-state index contributed by atoms with van der Waals surface area (Å²) in [6.07, 6.45) is 7.47. The largest absolute Gasteiger partial charge is 0.481 e. The van der Waals surface area contributed by atoms with Crippen LogP contribution in [0.3, 0.4) is 0 Å². The quantitative estimate of drug-likeness (QED) is 0.718. The first-order valence-electron chi connectivity index (χ1n) is 7.66. The lowest BCUT2D eigenvalue weighted by atomic mass is 9.88. The van der Waals surface area contributed by atoms with E-state index in [9.17, 15) is 9.59 Å². The molecule has 1 aliphatic rings. The van der Waals surface area contributed by atoms with Crippen molar-refractivity contribution in [3.63, 3.8) is 0 Å². The molecule has 0 saturated heterocycles. The van der Waals surface area contributed by atoms with Crippen LogP contribution in [0.25, 0.3) is 0 Å². The first kappa shape index (κ1) is 16.8. The van der Waals surface area contributed by atoms with Gasteiger partial charge in [-0.15, -0.1) is 11.8 Å². The standard InChI is InChI=1S/C16H22N2O3S/c17-16(21)13(9-11-3-1-2-4-11)12-5-6-14(18-10-12)22-8-7-15(19)20/h5-6,10-11,13H,1-4,7-9H2,(H2,17,21)(H,19,20). The molecule has 0 spiro atoms. The van der Waals surface area contributed by atoms with Gasteiger partial charge < -0.3 is 10.8 Å². The van der Waals surface area contributed by atoms with E-state index in [1.165, 1.54) is 37.4 Å². The number of carboxylic acid groups (broad SMARTS) is 1. The Kier molecular flexibility index (Phi) is 6.24. The number of aromatic nitrogens is 1. The average molecular weight is 322 g/mol. The summed E-state index contributed by atoms with van der Waals surface area (Å²) in [7, 11) is 0. The number of pyridine rings is 1. The zero-order valence-electron chi connectivity index (χ0n) is 12.5. The molecule has 1 fully saturated rings. The fourth-order valence-electron chi connectivity index (χ4n) is 2.92. The lowest BCUT2D eigenvalue weighted by molar-refractivity contribution is -0.136. The van der Waals surface area contributed by atoms with E-state index >= 15 is 0 Å². The van der Waals surface area contributed by atoms with Crippen molar-refractivity contribution in [3.05, 3.63) is 23.9 Å². The normalized spacial score (nSPS) is 16.5. The molecular weight excluding hydrogens is 300 g/mol. The molecule has 5 nitrogen and oxygen atoms in total. The second-order valence-corrected chi connectivity index (χ2v) is 6.88. The zero-order chi connectivity index (χ0) is 15.9. The molecule has 0 aromatic carbocycles. The van der Waals surface area contributed by atoms with Crippen molar-refractivity contribution < 1.29 is 14.7 Å². The van der Waals surface area contributed by atoms with Crippen LogP contribution in [0, 0.1) is 5.92 Å². The molecule has 1 heterocycles. The highest BCUT2D eigenvalue weighted by Crippen LogP contribution is 2.34. The zero-order valence-corrected chi connectivity index (χ0v) is 13.3. The molecule has 0 aliphatic heterocycles. The highest BCUT2D eigenvalue weighted by molar-refractivity contribution is 7.99. The van der Waals surface area contributed by atoms with Crippen LogP contribution in [0.15, 0.2) is 23.4 Å². The first-order valence-corrected chi connectivity index (χ1v) is 8.64. The summed E-state index contributed by atoms with van der Waals surface area (Å²) in [6, 6.07) is 3.73.